The van der Waals surface area contributed by atoms with Gasteiger partial charge in [0.25, 0.3) is 0 Å². The van der Waals surface area contributed by atoms with Crippen LogP contribution in [0, 0.1) is 5.92 Å². The Morgan fingerprint density at radius 2 is 1.23 bits per heavy atom. The minimum Gasteiger partial charge on any atom is -0.462 e. The van der Waals surface area contributed by atoms with Crippen molar-refractivity contribution in [1.82, 2.24) is 4.90 Å². The SMILES string of the molecule is CCCCCCCCC=CCCCCCCCC(=O)OCC(CCCCCCCC)OC(=O)C1CCN(C)CC1. The second-order valence-corrected chi connectivity index (χ2v) is 12.2. The summed E-state index contributed by atoms with van der Waals surface area (Å²) in [5.41, 5.74) is 0. The molecular formula is C35H65NO4. The Morgan fingerprint density at radius 3 is 1.80 bits per heavy atom. The summed E-state index contributed by atoms with van der Waals surface area (Å²) in [4.78, 5) is 27.4. The van der Waals surface area contributed by atoms with Gasteiger partial charge in [0.05, 0.1) is 5.92 Å². The van der Waals surface area contributed by atoms with Crippen LogP contribution in [0.25, 0.3) is 0 Å². The lowest BCUT2D eigenvalue weighted by Crippen LogP contribution is -2.36. The lowest BCUT2D eigenvalue weighted by molar-refractivity contribution is -0.164. The molecule has 1 heterocycles. The van der Waals surface area contributed by atoms with Crippen LogP contribution in [-0.2, 0) is 19.1 Å². The molecule has 5 heteroatoms. The van der Waals surface area contributed by atoms with Crippen LogP contribution < -0.4 is 0 Å². The van der Waals surface area contributed by atoms with Gasteiger partial charge in [-0.3, -0.25) is 9.59 Å². The van der Waals surface area contributed by atoms with Crippen molar-refractivity contribution in [3.63, 3.8) is 0 Å². The molecule has 5 nitrogen and oxygen atoms in total. The third-order valence-corrected chi connectivity index (χ3v) is 8.29. The summed E-state index contributed by atoms with van der Waals surface area (Å²) in [5.74, 6) is -0.270. The number of nitrogens with zero attached hydrogens (tertiary/aromatic N) is 1. The molecule has 1 aliphatic rings. The van der Waals surface area contributed by atoms with Gasteiger partial charge in [-0.25, -0.2) is 0 Å². The highest BCUT2D eigenvalue weighted by molar-refractivity contribution is 5.73. The van der Waals surface area contributed by atoms with Crippen LogP contribution in [0.4, 0.5) is 0 Å². The van der Waals surface area contributed by atoms with E-state index >= 15 is 0 Å². The number of hydrogen-bond donors (Lipinski definition) is 0. The monoisotopic (exact) mass is 563 g/mol. The number of rotatable bonds is 26. The van der Waals surface area contributed by atoms with Crippen molar-refractivity contribution in [2.24, 2.45) is 5.92 Å². The average Bonchev–Trinajstić information content (AvgIpc) is 2.95. The molecule has 0 aromatic rings. The largest absolute Gasteiger partial charge is 0.462 e. The van der Waals surface area contributed by atoms with Crippen LogP contribution in [0.1, 0.15) is 162 Å². The predicted molar refractivity (Wildman–Crippen MR) is 169 cm³/mol. The Labute approximate surface area is 248 Å². The highest BCUT2D eigenvalue weighted by Crippen LogP contribution is 2.20. The first kappa shape index (κ1) is 36.7. The third kappa shape index (κ3) is 21.4. The Morgan fingerprint density at radius 1 is 0.725 bits per heavy atom. The summed E-state index contributed by atoms with van der Waals surface area (Å²) >= 11 is 0. The van der Waals surface area contributed by atoms with E-state index in [0.29, 0.717) is 6.42 Å². The lowest BCUT2D eigenvalue weighted by Gasteiger charge is -2.29. The fraction of sp³-hybridized carbons (Fsp3) is 0.886. The van der Waals surface area contributed by atoms with Crippen molar-refractivity contribution in [3.8, 4) is 0 Å². The van der Waals surface area contributed by atoms with Gasteiger partial charge >= 0.3 is 11.9 Å². The molecule has 0 aliphatic carbocycles. The van der Waals surface area contributed by atoms with Gasteiger partial charge in [0, 0.05) is 6.42 Å². The van der Waals surface area contributed by atoms with Crippen LogP contribution in [0.2, 0.25) is 0 Å². The molecule has 1 rings (SSSR count). The number of ether oxygens (including phenoxy) is 2. The summed E-state index contributed by atoms with van der Waals surface area (Å²) in [6.45, 7) is 6.57. The van der Waals surface area contributed by atoms with Gasteiger partial charge < -0.3 is 14.4 Å². The molecule has 40 heavy (non-hydrogen) atoms. The zero-order chi connectivity index (χ0) is 29.1. The molecule has 0 spiro atoms. The lowest BCUT2D eigenvalue weighted by atomic mass is 9.97. The van der Waals surface area contributed by atoms with Gasteiger partial charge in [-0.2, -0.15) is 0 Å². The molecule has 234 valence electrons. The van der Waals surface area contributed by atoms with Gasteiger partial charge in [-0.15, -0.1) is 0 Å². The van der Waals surface area contributed by atoms with Crippen LogP contribution in [0.15, 0.2) is 12.2 Å². The topological polar surface area (TPSA) is 55.8 Å². The molecule has 0 N–H and O–H groups in total. The summed E-state index contributed by atoms with van der Waals surface area (Å²) in [6.07, 6.45) is 30.7. The molecule has 0 saturated carbocycles. The highest BCUT2D eigenvalue weighted by atomic mass is 16.6. The van der Waals surface area contributed by atoms with Crippen LogP contribution in [0.5, 0.6) is 0 Å². The number of hydrogen-bond acceptors (Lipinski definition) is 5. The molecule has 1 saturated heterocycles. The van der Waals surface area contributed by atoms with E-state index in [0.717, 1.165) is 58.0 Å². The zero-order valence-corrected chi connectivity index (χ0v) is 26.8. The van der Waals surface area contributed by atoms with Gasteiger partial charge in [0.15, 0.2) is 0 Å². The van der Waals surface area contributed by atoms with E-state index in [2.05, 4.69) is 37.9 Å². The van der Waals surface area contributed by atoms with Gasteiger partial charge in [-0.05, 0) is 77.9 Å². The van der Waals surface area contributed by atoms with Gasteiger partial charge in [0.1, 0.15) is 12.7 Å². The summed E-state index contributed by atoms with van der Waals surface area (Å²) in [7, 11) is 2.10. The van der Waals surface area contributed by atoms with E-state index in [9.17, 15) is 9.59 Å². The fourth-order valence-electron chi connectivity index (χ4n) is 5.43. The number of piperidine rings is 1. The predicted octanol–water partition coefficient (Wildman–Crippen LogP) is 9.57. The molecule has 0 radical (unpaired) electrons. The van der Waals surface area contributed by atoms with Crippen molar-refractivity contribution in [1.29, 1.82) is 0 Å². The Kier molecular flexibility index (Phi) is 24.3. The molecule has 0 amide bonds. The number of carbonyl (C=O) groups is 2. The second-order valence-electron chi connectivity index (χ2n) is 12.2. The van der Waals surface area contributed by atoms with Crippen molar-refractivity contribution in [2.75, 3.05) is 26.7 Å². The Bertz CT molecular complexity index is 627. The summed E-state index contributed by atoms with van der Waals surface area (Å²) in [5, 5.41) is 0. The molecular weight excluding hydrogens is 498 g/mol. The van der Waals surface area contributed by atoms with Crippen LogP contribution >= 0.6 is 0 Å². The first-order valence-corrected chi connectivity index (χ1v) is 17.3. The van der Waals surface area contributed by atoms with Crippen LogP contribution in [0.3, 0.4) is 0 Å². The number of carbonyl (C=O) groups excluding carboxylic acids is 2. The number of likely N-dealkylation sites (tertiary alicyclic amines) is 1. The third-order valence-electron chi connectivity index (χ3n) is 8.29. The Balaban J connectivity index is 2.15. The standard InChI is InChI=1S/C35H65NO4/c1-4-6-8-10-12-13-14-15-16-17-18-19-20-22-24-26-34(37)39-31-33(25-23-21-11-9-7-5-2)40-35(38)32-27-29-36(3)30-28-32/h15-16,32-33H,4-14,17-31H2,1-3H3. The number of allylic oxidation sites excluding steroid dienone is 2. The van der Waals surface area contributed by atoms with Crippen molar-refractivity contribution in [3.05, 3.63) is 12.2 Å². The van der Waals surface area contributed by atoms with Gasteiger partial charge in [0.2, 0.25) is 0 Å². The number of unbranched alkanes of at least 4 members (excludes halogenated alkanes) is 16. The maximum absolute atomic E-state index is 12.8. The number of esters is 2. The first-order valence-electron chi connectivity index (χ1n) is 17.3. The zero-order valence-electron chi connectivity index (χ0n) is 26.8. The van der Waals surface area contributed by atoms with E-state index in [-0.39, 0.29) is 30.6 Å². The molecule has 1 unspecified atom stereocenters. The normalized spacial score (nSPS) is 15.5. The van der Waals surface area contributed by atoms with Crippen LogP contribution in [-0.4, -0.2) is 49.7 Å². The fourth-order valence-corrected chi connectivity index (χ4v) is 5.43. The van der Waals surface area contributed by atoms with E-state index in [1.165, 1.54) is 96.3 Å². The van der Waals surface area contributed by atoms with Crippen molar-refractivity contribution < 1.29 is 19.1 Å². The van der Waals surface area contributed by atoms with E-state index in [1.807, 2.05) is 0 Å². The maximum atomic E-state index is 12.8. The van der Waals surface area contributed by atoms with Gasteiger partial charge in [-0.1, -0.05) is 109 Å². The average molecular weight is 564 g/mol. The molecule has 1 atom stereocenters. The van der Waals surface area contributed by atoms with Crippen molar-refractivity contribution >= 4 is 11.9 Å². The smallest absolute Gasteiger partial charge is 0.309 e. The van der Waals surface area contributed by atoms with E-state index < -0.39 is 0 Å². The van der Waals surface area contributed by atoms with Crippen molar-refractivity contribution in [2.45, 2.75) is 168 Å². The summed E-state index contributed by atoms with van der Waals surface area (Å²) in [6, 6.07) is 0. The highest BCUT2D eigenvalue weighted by Gasteiger charge is 2.27. The molecule has 1 fully saturated rings. The van der Waals surface area contributed by atoms with E-state index in [1.54, 1.807) is 0 Å². The minimum absolute atomic E-state index is 0.0187. The molecule has 0 aromatic carbocycles. The second kappa shape index (κ2) is 26.5. The molecule has 0 bridgehead atoms. The van der Waals surface area contributed by atoms with E-state index in [4.69, 9.17) is 9.47 Å². The Hall–Kier alpha value is -1.36. The molecule has 0 aromatic heterocycles. The first-order chi connectivity index (χ1) is 19.6. The minimum atomic E-state index is -0.309. The summed E-state index contributed by atoms with van der Waals surface area (Å²) < 4.78 is 11.5. The maximum Gasteiger partial charge on any atom is 0.309 e. The quantitative estimate of drug-likeness (QED) is 0.0596. The molecule has 1 aliphatic heterocycles.